The molecule has 7 rings (SSSR count). The van der Waals surface area contributed by atoms with Crippen LogP contribution in [0.1, 0.15) is 52.5 Å². The summed E-state index contributed by atoms with van der Waals surface area (Å²) in [6.07, 6.45) is 8.68. The molecule has 2 N–H and O–H groups in total. The molecule has 2 saturated carbocycles. The Bertz CT molecular complexity index is 1550. The zero-order valence-corrected chi connectivity index (χ0v) is 21.7. The molecule has 2 unspecified atom stereocenters. The van der Waals surface area contributed by atoms with Crippen LogP contribution in [0.4, 0.5) is 0 Å². The second-order valence-electron chi connectivity index (χ2n) is 10.4. The summed E-state index contributed by atoms with van der Waals surface area (Å²) in [5, 5.41) is 3.15. The Labute approximate surface area is 223 Å². The smallest absolute Gasteiger partial charge is 0.224 e. The van der Waals surface area contributed by atoms with Crippen LogP contribution in [0.3, 0.4) is 0 Å². The predicted molar refractivity (Wildman–Crippen MR) is 144 cm³/mol. The Kier molecular flexibility index (Phi) is 5.36. The summed E-state index contributed by atoms with van der Waals surface area (Å²) < 4.78 is 0.899. The van der Waals surface area contributed by atoms with E-state index in [1.165, 1.54) is 0 Å². The topological polar surface area (TPSA) is 87.7 Å². The number of fused-ring (bicyclic) bond motifs is 5. The Morgan fingerprint density at radius 2 is 1.81 bits per heavy atom. The van der Waals surface area contributed by atoms with Gasteiger partial charge in [0.15, 0.2) is 5.78 Å². The fraction of sp³-hybridized carbons (Fsp3) is 0.267. The van der Waals surface area contributed by atoms with Gasteiger partial charge in [-0.2, -0.15) is 0 Å². The minimum absolute atomic E-state index is 0.0475. The van der Waals surface area contributed by atoms with Crippen LogP contribution in [0.25, 0.3) is 22.4 Å². The van der Waals surface area contributed by atoms with Gasteiger partial charge in [0.2, 0.25) is 5.91 Å². The van der Waals surface area contributed by atoms with Gasteiger partial charge in [-0.3, -0.25) is 14.6 Å². The molecule has 2 bridgehead atoms. The van der Waals surface area contributed by atoms with E-state index in [4.69, 9.17) is 4.98 Å². The summed E-state index contributed by atoms with van der Waals surface area (Å²) in [7, 11) is 0. The lowest BCUT2D eigenvalue weighted by Gasteiger charge is -2.28. The number of benzene rings is 2. The number of rotatable bonds is 5. The first-order valence-corrected chi connectivity index (χ1v) is 13.6. The average Bonchev–Trinajstić information content (AvgIpc) is 3.71. The van der Waals surface area contributed by atoms with Crippen molar-refractivity contribution in [2.24, 2.45) is 17.8 Å². The number of nitrogens with one attached hydrogen (secondary N) is 2. The number of hydrogen-bond donors (Lipinski definition) is 2. The molecule has 6 nitrogen and oxygen atoms in total. The monoisotopic (exact) mass is 552 g/mol. The first-order chi connectivity index (χ1) is 18.1. The highest BCUT2D eigenvalue weighted by molar-refractivity contribution is 9.10. The molecule has 2 fully saturated rings. The molecule has 2 heterocycles. The van der Waals surface area contributed by atoms with Crippen molar-refractivity contribution in [1.29, 1.82) is 0 Å². The molecule has 7 heteroatoms. The van der Waals surface area contributed by atoms with Crippen LogP contribution in [-0.2, 0) is 11.3 Å². The van der Waals surface area contributed by atoms with Crippen molar-refractivity contribution in [3.05, 3.63) is 94.1 Å². The molecule has 184 valence electrons. The lowest BCUT2D eigenvalue weighted by molar-refractivity contribution is -0.127. The van der Waals surface area contributed by atoms with Gasteiger partial charge in [-0.1, -0.05) is 40.2 Å². The van der Waals surface area contributed by atoms with Crippen molar-refractivity contribution in [3.63, 3.8) is 0 Å². The molecular formula is C30H25BrN4O2. The second kappa shape index (κ2) is 8.77. The number of amides is 1. The summed E-state index contributed by atoms with van der Waals surface area (Å²) in [6.45, 7) is 0.485. The Hall–Kier alpha value is -3.58. The predicted octanol–water partition coefficient (Wildman–Crippen LogP) is 5.89. The highest BCUT2D eigenvalue weighted by Gasteiger charge is 2.52. The van der Waals surface area contributed by atoms with Crippen LogP contribution in [0.15, 0.2) is 71.6 Å². The van der Waals surface area contributed by atoms with Crippen molar-refractivity contribution >= 4 is 27.6 Å². The summed E-state index contributed by atoms with van der Waals surface area (Å²) in [6, 6.07) is 15.7. The van der Waals surface area contributed by atoms with E-state index < -0.39 is 0 Å². The quantitative estimate of drug-likeness (QED) is 0.284. The van der Waals surface area contributed by atoms with Crippen molar-refractivity contribution in [2.75, 3.05) is 0 Å². The van der Waals surface area contributed by atoms with Crippen molar-refractivity contribution < 1.29 is 9.59 Å². The molecule has 4 aromatic rings. The summed E-state index contributed by atoms with van der Waals surface area (Å²) in [4.78, 5) is 38.9. The fourth-order valence-electron chi connectivity index (χ4n) is 6.74. The van der Waals surface area contributed by atoms with Crippen LogP contribution in [0.5, 0.6) is 0 Å². The number of pyridine rings is 1. The van der Waals surface area contributed by atoms with Crippen LogP contribution in [0.2, 0.25) is 0 Å². The van der Waals surface area contributed by atoms with Gasteiger partial charge in [-0.25, -0.2) is 4.98 Å². The zero-order chi connectivity index (χ0) is 25.1. The number of aromatic amines is 1. The molecule has 3 aliphatic carbocycles. The third-order valence-electron chi connectivity index (χ3n) is 8.41. The molecule has 3 aliphatic rings. The molecule has 1 amide bonds. The summed E-state index contributed by atoms with van der Waals surface area (Å²) >= 11 is 3.48. The van der Waals surface area contributed by atoms with Crippen molar-refractivity contribution in [1.82, 2.24) is 20.3 Å². The first kappa shape index (κ1) is 22.6. The first-order valence-electron chi connectivity index (χ1n) is 12.8. The van der Waals surface area contributed by atoms with E-state index in [1.54, 1.807) is 12.4 Å². The Morgan fingerprint density at radius 1 is 1.00 bits per heavy atom. The maximum Gasteiger partial charge on any atom is 0.224 e. The van der Waals surface area contributed by atoms with Crippen LogP contribution in [0, 0.1) is 17.8 Å². The summed E-state index contributed by atoms with van der Waals surface area (Å²) in [5.41, 5.74) is 6.19. The number of ketones is 1. The number of nitrogens with zero attached hydrogens (tertiary/aromatic N) is 2. The lowest BCUT2D eigenvalue weighted by Crippen LogP contribution is -2.37. The van der Waals surface area contributed by atoms with E-state index in [-0.39, 0.29) is 23.5 Å². The fourth-order valence-corrected chi connectivity index (χ4v) is 7.10. The number of H-pyrrole nitrogens is 1. The maximum atomic E-state index is 13.4. The van der Waals surface area contributed by atoms with E-state index in [0.29, 0.717) is 23.9 Å². The number of carbonyl (C=O) groups is 2. The van der Waals surface area contributed by atoms with Crippen LogP contribution >= 0.6 is 15.9 Å². The SMILES string of the molecule is O=C1c2cc(Br)ccc2-c2ccc(-c3cnc([C@@H]4C5CCC(C5)[C@H]4C(=O)NCc4cccnc4)[nH]3)cc21. The highest BCUT2D eigenvalue weighted by Crippen LogP contribution is 2.56. The largest absolute Gasteiger partial charge is 0.352 e. The van der Waals surface area contributed by atoms with E-state index in [9.17, 15) is 9.59 Å². The molecular weight excluding hydrogens is 528 g/mol. The third kappa shape index (κ3) is 3.75. The highest BCUT2D eigenvalue weighted by atomic mass is 79.9. The zero-order valence-electron chi connectivity index (χ0n) is 20.1. The lowest BCUT2D eigenvalue weighted by atomic mass is 9.78. The van der Waals surface area contributed by atoms with E-state index in [2.05, 4.69) is 31.2 Å². The Balaban J connectivity index is 1.15. The van der Waals surface area contributed by atoms with Gasteiger partial charge >= 0.3 is 0 Å². The van der Waals surface area contributed by atoms with E-state index in [0.717, 1.165) is 63.1 Å². The molecule has 37 heavy (non-hydrogen) atoms. The minimum Gasteiger partial charge on any atom is -0.352 e. The van der Waals surface area contributed by atoms with Gasteiger partial charge in [0.05, 0.1) is 17.8 Å². The summed E-state index contributed by atoms with van der Waals surface area (Å²) in [5.74, 6) is 1.89. The van der Waals surface area contributed by atoms with Gasteiger partial charge in [0.1, 0.15) is 5.82 Å². The van der Waals surface area contributed by atoms with Crippen LogP contribution < -0.4 is 5.32 Å². The van der Waals surface area contributed by atoms with Crippen LogP contribution in [-0.4, -0.2) is 26.6 Å². The van der Waals surface area contributed by atoms with Gasteiger partial charge in [0.25, 0.3) is 0 Å². The van der Waals surface area contributed by atoms with Crippen molar-refractivity contribution in [3.8, 4) is 22.4 Å². The molecule has 0 radical (unpaired) electrons. The Morgan fingerprint density at radius 3 is 2.65 bits per heavy atom. The van der Waals surface area contributed by atoms with Gasteiger partial charge < -0.3 is 10.3 Å². The normalized spacial score (nSPS) is 23.2. The standard InChI is InChI=1S/C30H25BrN4O2/c31-20-6-8-22-21-7-5-17(11-23(21)28(36)24(22)12-20)25-15-33-29(35-25)26-18-3-4-19(10-18)27(26)30(37)34-14-16-2-1-9-32-13-16/h1-2,5-9,11-13,15,18-19,26-27H,3-4,10,14H2,(H,33,35)(H,34,37)/t18?,19?,26-,27-/m1/s1. The number of hydrogen-bond acceptors (Lipinski definition) is 4. The molecule has 4 atom stereocenters. The molecule has 0 spiro atoms. The van der Waals surface area contributed by atoms with Gasteiger partial charge in [-0.05, 0) is 72.1 Å². The van der Waals surface area contributed by atoms with E-state index in [1.807, 2.05) is 54.7 Å². The third-order valence-corrected chi connectivity index (χ3v) is 8.90. The van der Waals surface area contributed by atoms with E-state index >= 15 is 0 Å². The number of imidazole rings is 1. The molecule has 2 aromatic heterocycles. The van der Waals surface area contributed by atoms with Gasteiger partial charge in [-0.15, -0.1) is 0 Å². The number of carbonyl (C=O) groups excluding carboxylic acids is 2. The number of aromatic nitrogens is 3. The number of halogens is 1. The van der Waals surface area contributed by atoms with Crippen molar-refractivity contribution in [2.45, 2.75) is 31.7 Å². The van der Waals surface area contributed by atoms with Gasteiger partial charge in [0, 0.05) is 46.0 Å². The minimum atomic E-state index is -0.0797. The molecule has 2 aromatic carbocycles. The molecule has 0 saturated heterocycles. The maximum absolute atomic E-state index is 13.4. The average molecular weight is 553 g/mol. The molecule has 0 aliphatic heterocycles. The second-order valence-corrected chi connectivity index (χ2v) is 11.3.